The SMILES string of the molecule is Oc1c(Oc2ccc(Cl)cc2Cl)cc(Br)c(Cl)c1Cl. The molecule has 1 N–H and O–H groups in total. The van der Waals surface area contributed by atoms with Crippen molar-refractivity contribution in [3.8, 4) is 17.2 Å². The Balaban J connectivity index is 2.44. The van der Waals surface area contributed by atoms with E-state index in [1.807, 2.05) is 0 Å². The van der Waals surface area contributed by atoms with E-state index < -0.39 is 0 Å². The summed E-state index contributed by atoms with van der Waals surface area (Å²) in [5.74, 6) is 0.207. The molecule has 2 aromatic rings. The molecule has 0 spiro atoms. The van der Waals surface area contributed by atoms with Crippen LogP contribution in [0.5, 0.6) is 17.2 Å². The molecule has 0 heterocycles. The molecule has 0 aliphatic rings. The Labute approximate surface area is 137 Å². The normalized spacial score (nSPS) is 10.6. The fourth-order valence-electron chi connectivity index (χ4n) is 1.32. The third-order valence-electron chi connectivity index (χ3n) is 2.22. The smallest absolute Gasteiger partial charge is 0.179 e. The van der Waals surface area contributed by atoms with Crippen LogP contribution in [-0.4, -0.2) is 5.11 Å². The maximum atomic E-state index is 9.88. The van der Waals surface area contributed by atoms with Crippen LogP contribution >= 0.6 is 62.3 Å². The van der Waals surface area contributed by atoms with Gasteiger partial charge in [0, 0.05) is 15.6 Å². The highest BCUT2D eigenvalue weighted by atomic mass is 79.9. The van der Waals surface area contributed by atoms with Crippen LogP contribution in [0.2, 0.25) is 20.1 Å². The van der Waals surface area contributed by atoms with Crippen LogP contribution < -0.4 is 4.74 Å². The van der Waals surface area contributed by atoms with Gasteiger partial charge in [0.05, 0.1) is 10.0 Å². The van der Waals surface area contributed by atoms with Crippen LogP contribution in [0.25, 0.3) is 0 Å². The molecular weight excluding hydrogens is 398 g/mol. The van der Waals surface area contributed by atoms with Crippen molar-refractivity contribution >= 4 is 62.3 Å². The molecule has 0 unspecified atom stereocenters. The zero-order valence-corrected chi connectivity index (χ0v) is 13.7. The Bertz CT molecular complexity index is 646. The van der Waals surface area contributed by atoms with E-state index in [1.165, 1.54) is 12.1 Å². The fraction of sp³-hybridized carbons (Fsp3) is 0. The Morgan fingerprint density at radius 3 is 2.26 bits per heavy atom. The molecule has 2 aromatic carbocycles. The number of hydrogen-bond acceptors (Lipinski definition) is 2. The van der Waals surface area contributed by atoms with Gasteiger partial charge in [-0.2, -0.15) is 0 Å². The van der Waals surface area contributed by atoms with Gasteiger partial charge in [0.2, 0.25) is 0 Å². The lowest BCUT2D eigenvalue weighted by Crippen LogP contribution is -1.88. The first-order chi connectivity index (χ1) is 8.90. The summed E-state index contributed by atoms with van der Waals surface area (Å²) in [4.78, 5) is 0. The standard InChI is InChI=1S/C12H5BrCl4O2/c13-6-4-9(12(18)11(17)10(6)16)19-8-2-1-5(14)3-7(8)15/h1-4,18H. The van der Waals surface area contributed by atoms with Crippen LogP contribution in [0.4, 0.5) is 0 Å². The molecule has 2 rings (SSSR count). The average molecular weight is 403 g/mol. The summed E-state index contributed by atoms with van der Waals surface area (Å²) < 4.78 is 6.00. The van der Waals surface area contributed by atoms with E-state index in [2.05, 4.69) is 15.9 Å². The Morgan fingerprint density at radius 1 is 0.947 bits per heavy atom. The second-order valence-corrected chi connectivity index (χ2v) is 5.96. The highest BCUT2D eigenvalue weighted by Crippen LogP contribution is 2.45. The molecule has 0 saturated carbocycles. The molecule has 0 radical (unpaired) electrons. The van der Waals surface area contributed by atoms with Crippen LogP contribution in [0.3, 0.4) is 0 Å². The molecule has 19 heavy (non-hydrogen) atoms. The number of benzene rings is 2. The minimum absolute atomic E-state index is 0.00359. The van der Waals surface area contributed by atoms with Crippen LogP contribution in [-0.2, 0) is 0 Å². The number of phenolic OH excluding ortho intramolecular Hbond substituents is 1. The zero-order chi connectivity index (χ0) is 14.2. The summed E-state index contributed by atoms with van der Waals surface area (Å²) >= 11 is 26.7. The van der Waals surface area contributed by atoms with E-state index in [9.17, 15) is 5.11 Å². The Morgan fingerprint density at radius 2 is 1.63 bits per heavy atom. The van der Waals surface area contributed by atoms with Crippen molar-refractivity contribution in [1.82, 2.24) is 0 Å². The van der Waals surface area contributed by atoms with Crippen molar-refractivity contribution in [3.05, 3.63) is 48.8 Å². The van der Waals surface area contributed by atoms with Gasteiger partial charge in [-0.25, -0.2) is 0 Å². The van der Waals surface area contributed by atoms with E-state index in [1.54, 1.807) is 12.1 Å². The van der Waals surface area contributed by atoms with Crippen LogP contribution in [0.15, 0.2) is 28.7 Å². The lowest BCUT2D eigenvalue weighted by Gasteiger charge is -2.12. The Kier molecular flexibility index (Phi) is 4.75. The monoisotopic (exact) mass is 400 g/mol. The Hall–Kier alpha value is -0.320. The summed E-state index contributed by atoms with van der Waals surface area (Å²) in [5, 5.41) is 10.9. The molecular formula is C12H5BrCl4O2. The third kappa shape index (κ3) is 3.23. The van der Waals surface area contributed by atoms with Gasteiger partial charge in [-0.05, 0) is 34.1 Å². The summed E-state index contributed by atoms with van der Waals surface area (Å²) in [6, 6.07) is 6.23. The van der Waals surface area contributed by atoms with Gasteiger partial charge >= 0.3 is 0 Å². The number of ether oxygens (including phenoxy) is 1. The molecule has 0 saturated heterocycles. The fourth-order valence-corrected chi connectivity index (χ4v) is 2.62. The molecule has 0 amide bonds. The molecule has 0 atom stereocenters. The maximum absolute atomic E-state index is 9.88. The lowest BCUT2D eigenvalue weighted by atomic mass is 10.3. The third-order valence-corrected chi connectivity index (χ3v) is 4.46. The van der Waals surface area contributed by atoms with Crippen LogP contribution in [0.1, 0.15) is 0 Å². The summed E-state index contributed by atoms with van der Waals surface area (Å²) in [7, 11) is 0. The number of rotatable bonds is 2. The predicted molar refractivity (Wildman–Crippen MR) is 82.4 cm³/mol. The maximum Gasteiger partial charge on any atom is 0.179 e. The summed E-state index contributed by atoms with van der Waals surface area (Å²) in [6.45, 7) is 0. The van der Waals surface area contributed by atoms with Crippen molar-refractivity contribution in [2.24, 2.45) is 0 Å². The number of phenols is 1. The number of hydrogen-bond donors (Lipinski definition) is 1. The topological polar surface area (TPSA) is 29.5 Å². The van der Waals surface area contributed by atoms with Gasteiger partial charge in [-0.3, -0.25) is 0 Å². The van der Waals surface area contributed by atoms with Crippen molar-refractivity contribution in [2.75, 3.05) is 0 Å². The highest BCUT2D eigenvalue weighted by Gasteiger charge is 2.16. The molecule has 100 valence electrons. The molecule has 0 aromatic heterocycles. The predicted octanol–water partition coefficient (Wildman–Crippen LogP) is 6.56. The molecule has 0 aliphatic heterocycles. The van der Waals surface area contributed by atoms with E-state index in [0.717, 1.165) is 0 Å². The summed E-state index contributed by atoms with van der Waals surface area (Å²) in [5.41, 5.74) is 0. The van der Waals surface area contributed by atoms with Gasteiger partial charge in [0.25, 0.3) is 0 Å². The van der Waals surface area contributed by atoms with E-state index in [4.69, 9.17) is 51.1 Å². The van der Waals surface area contributed by atoms with Gasteiger partial charge < -0.3 is 9.84 Å². The number of aromatic hydroxyl groups is 1. The quantitative estimate of drug-likeness (QED) is 0.576. The minimum atomic E-state index is -0.263. The highest BCUT2D eigenvalue weighted by molar-refractivity contribution is 9.10. The van der Waals surface area contributed by atoms with Crippen molar-refractivity contribution in [1.29, 1.82) is 0 Å². The average Bonchev–Trinajstić information content (AvgIpc) is 2.36. The second-order valence-electron chi connectivity index (χ2n) is 3.51. The van der Waals surface area contributed by atoms with Crippen molar-refractivity contribution in [2.45, 2.75) is 0 Å². The van der Waals surface area contributed by atoms with Gasteiger partial charge in [-0.15, -0.1) is 0 Å². The van der Waals surface area contributed by atoms with E-state index in [-0.39, 0.29) is 21.5 Å². The van der Waals surface area contributed by atoms with Gasteiger partial charge in [0.15, 0.2) is 11.5 Å². The van der Waals surface area contributed by atoms with Crippen LogP contribution in [0, 0.1) is 0 Å². The minimum Gasteiger partial charge on any atom is -0.503 e. The molecule has 0 bridgehead atoms. The van der Waals surface area contributed by atoms with Gasteiger partial charge in [-0.1, -0.05) is 46.4 Å². The summed E-state index contributed by atoms with van der Waals surface area (Å²) in [6.07, 6.45) is 0. The zero-order valence-electron chi connectivity index (χ0n) is 9.05. The van der Waals surface area contributed by atoms with Crippen molar-refractivity contribution < 1.29 is 9.84 Å². The van der Waals surface area contributed by atoms with Crippen molar-refractivity contribution in [3.63, 3.8) is 0 Å². The van der Waals surface area contributed by atoms with E-state index >= 15 is 0 Å². The lowest BCUT2D eigenvalue weighted by molar-refractivity contribution is 0.411. The second kappa shape index (κ2) is 5.98. The van der Waals surface area contributed by atoms with Gasteiger partial charge in [0.1, 0.15) is 10.8 Å². The molecule has 0 fully saturated rings. The first-order valence-corrected chi connectivity index (χ1v) is 7.20. The molecule has 2 nitrogen and oxygen atoms in total. The largest absolute Gasteiger partial charge is 0.503 e. The van der Waals surface area contributed by atoms with E-state index in [0.29, 0.717) is 20.3 Å². The molecule has 0 aliphatic carbocycles. The number of halogens is 5. The first-order valence-electron chi connectivity index (χ1n) is 4.89. The first kappa shape index (κ1) is 15.1. The molecule has 7 heteroatoms.